The molecule has 0 bridgehead atoms. The highest BCUT2D eigenvalue weighted by atomic mass is 35.5. The van der Waals surface area contributed by atoms with Crippen molar-refractivity contribution >= 4 is 29.1 Å². The molecule has 1 aliphatic rings. The zero-order chi connectivity index (χ0) is 13.8. The van der Waals surface area contributed by atoms with Crippen molar-refractivity contribution in [2.24, 2.45) is 5.92 Å². The molecule has 1 amide bonds. The van der Waals surface area contributed by atoms with Crippen molar-refractivity contribution in [3.8, 4) is 5.75 Å². The van der Waals surface area contributed by atoms with Crippen LogP contribution in [0.2, 0.25) is 10.0 Å². The second-order valence-electron chi connectivity index (χ2n) is 4.57. The molecule has 0 unspecified atom stereocenters. The minimum absolute atomic E-state index is 0.124. The second-order valence-corrected chi connectivity index (χ2v) is 5.41. The number of carbonyl (C=O) groups excluding carboxylic acids is 1. The van der Waals surface area contributed by atoms with Crippen molar-refractivity contribution in [3.63, 3.8) is 0 Å². The molecule has 1 aromatic rings. The van der Waals surface area contributed by atoms with Crippen LogP contribution in [-0.2, 0) is 11.4 Å². The predicted octanol–water partition coefficient (Wildman–Crippen LogP) is 2.39. The first-order chi connectivity index (χ1) is 9.10. The summed E-state index contributed by atoms with van der Waals surface area (Å²) in [6.45, 7) is 0.323. The number of nitrogens with one attached hydrogen (secondary N) is 1. The number of carbonyl (C=O) groups is 1. The highest BCUT2D eigenvalue weighted by molar-refractivity contribution is 6.35. The van der Waals surface area contributed by atoms with Gasteiger partial charge in [0, 0.05) is 17.1 Å². The molecular weight excluding hydrogens is 289 g/mol. The highest BCUT2D eigenvalue weighted by Crippen LogP contribution is 2.32. The van der Waals surface area contributed by atoms with Gasteiger partial charge in [-0.25, -0.2) is 0 Å². The molecule has 0 saturated heterocycles. The Morgan fingerprint density at radius 3 is 2.79 bits per heavy atom. The van der Waals surface area contributed by atoms with Gasteiger partial charge >= 0.3 is 0 Å². The summed E-state index contributed by atoms with van der Waals surface area (Å²) >= 11 is 11.8. The van der Waals surface area contributed by atoms with Gasteiger partial charge in [0.15, 0.2) is 6.61 Å². The Bertz CT molecular complexity index is 475. The molecule has 0 spiro atoms. The molecule has 6 heteroatoms. The van der Waals surface area contributed by atoms with Crippen LogP contribution < -0.4 is 10.1 Å². The number of hydrogen-bond acceptors (Lipinski definition) is 3. The van der Waals surface area contributed by atoms with Gasteiger partial charge < -0.3 is 15.2 Å². The lowest BCUT2D eigenvalue weighted by Gasteiger charge is -2.12. The van der Waals surface area contributed by atoms with Crippen LogP contribution in [-0.4, -0.2) is 24.2 Å². The lowest BCUT2D eigenvalue weighted by atomic mass is 10.2. The van der Waals surface area contributed by atoms with Crippen LogP contribution in [0.15, 0.2) is 12.1 Å². The van der Waals surface area contributed by atoms with E-state index in [1.165, 1.54) is 18.9 Å². The number of hydrogen-bond donors (Lipinski definition) is 2. The first kappa shape index (κ1) is 14.4. The van der Waals surface area contributed by atoms with Crippen molar-refractivity contribution in [2.45, 2.75) is 19.4 Å². The molecule has 0 aliphatic heterocycles. The zero-order valence-corrected chi connectivity index (χ0v) is 11.8. The maximum absolute atomic E-state index is 11.6. The van der Waals surface area contributed by atoms with Crippen LogP contribution in [0.4, 0.5) is 0 Å². The molecule has 0 heterocycles. The van der Waals surface area contributed by atoms with Crippen molar-refractivity contribution in [1.82, 2.24) is 5.32 Å². The maximum atomic E-state index is 11.6. The van der Waals surface area contributed by atoms with Gasteiger partial charge in [-0.3, -0.25) is 4.79 Å². The average Bonchev–Trinajstić information content (AvgIpc) is 3.18. The van der Waals surface area contributed by atoms with Gasteiger partial charge in [-0.05, 0) is 30.9 Å². The summed E-state index contributed by atoms with van der Waals surface area (Å²) in [5.41, 5.74) is 0.465. The minimum atomic E-state index is -0.251. The Hall–Kier alpha value is -0.970. The monoisotopic (exact) mass is 303 g/mol. The number of benzene rings is 1. The molecule has 1 aromatic carbocycles. The number of halogens is 2. The van der Waals surface area contributed by atoms with Crippen molar-refractivity contribution in [2.75, 3.05) is 13.2 Å². The van der Waals surface area contributed by atoms with E-state index in [1.54, 1.807) is 6.07 Å². The molecule has 104 valence electrons. The molecule has 1 aliphatic carbocycles. The topological polar surface area (TPSA) is 58.6 Å². The van der Waals surface area contributed by atoms with E-state index in [0.29, 0.717) is 28.8 Å². The number of aliphatic hydroxyl groups is 1. The van der Waals surface area contributed by atoms with Crippen LogP contribution in [0.1, 0.15) is 18.4 Å². The van der Waals surface area contributed by atoms with E-state index in [-0.39, 0.29) is 24.1 Å². The third-order valence-electron chi connectivity index (χ3n) is 2.89. The maximum Gasteiger partial charge on any atom is 0.257 e. The van der Waals surface area contributed by atoms with Crippen LogP contribution in [0.5, 0.6) is 5.75 Å². The Morgan fingerprint density at radius 1 is 1.42 bits per heavy atom. The fraction of sp³-hybridized carbons (Fsp3) is 0.462. The second kappa shape index (κ2) is 6.46. The average molecular weight is 304 g/mol. The summed E-state index contributed by atoms with van der Waals surface area (Å²) in [5, 5.41) is 12.7. The van der Waals surface area contributed by atoms with Gasteiger partial charge in [-0.1, -0.05) is 23.2 Å². The zero-order valence-electron chi connectivity index (χ0n) is 10.3. The minimum Gasteiger partial charge on any atom is -0.482 e. The van der Waals surface area contributed by atoms with Crippen molar-refractivity contribution in [3.05, 3.63) is 27.7 Å². The molecule has 2 N–H and O–H groups in total. The van der Waals surface area contributed by atoms with Gasteiger partial charge in [0.05, 0.1) is 11.6 Å². The summed E-state index contributed by atoms with van der Waals surface area (Å²) in [6.07, 6.45) is 2.36. The van der Waals surface area contributed by atoms with Gasteiger partial charge in [0.25, 0.3) is 5.91 Å². The number of ether oxygens (including phenoxy) is 1. The normalized spacial score (nSPS) is 14.3. The van der Waals surface area contributed by atoms with E-state index < -0.39 is 0 Å². The van der Waals surface area contributed by atoms with Gasteiger partial charge in [-0.2, -0.15) is 0 Å². The van der Waals surface area contributed by atoms with Crippen LogP contribution in [0.25, 0.3) is 0 Å². The summed E-state index contributed by atoms with van der Waals surface area (Å²) in [4.78, 5) is 11.6. The third-order valence-corrected chi connectivity index (χ3v) is 3.39. The molecule has 0 radical (unpaired) electrons. The summed E-state index contributed by atoms with van der Waals surface area (Å²) < 4.78 is 5.37. The molecule has 2 rings (SSSR count). The fourth-order valence-corrected chi connectivity index (χ4v) is 2.25. The van der Waals surface area contributed by atoms with E-state index in [4.69, 9.17) is 27.9 Å². The van der Waals surface area contributed by atoms with E-state index in [2.05, 4.69) is 5.32 Å². The highest BCUT2D eigenvalue weighted by Gasteiger charge is 2.21. The Morgan fingerprint density at radius 2 is 2.16 bits per heavy atom. The van der Waals surface area contributed by atoms with Crippen molar-refractivity contribution in [1.29, 1.82) is 0 Å². The van der Waals surface area contributed by atoms with E-state index in [9.17, 15) is 9.90 Å². The van der Waals surface area contributed by atoms with E-state index in [0.717, 1.165) is 0 Å². The van der Waals surface area contributed by atoms with Gasteiger partial charge in [0.2, 0.25) is 0 Å². The lowest BCUT2D eigenvalue weighted by molar-refractivity contribution is -0.123. The Balaban J connectivity index is 1.92. The van der Waals surface area contributed by atoms with Crippen LogP contribution in [0.3, 0.4) is 0 Å². The van der Waals surface area contributed by atoms with E-state index in [1.807, 2.05) is 0 Å². The molecular formula is C13H15Cl2NO3. The first-order valence-corrected chi connectivity index (χ1v) is 6.84. The van der Waals surface area contributed by atoms with Gasteiger partial charge in [-0.15, -0.1) is 0 Å². The standard InChI is InChI=1S/C13H15Cl2NO3/c14-10-3-9(6-17)13(11(15)4-10)19-7-12(18)16-5-8-1-2-8/h3-4,8,17H,1-2,5-7H2,(H,16,18). The Kier molecular flexibility index (Phi) is 4.91. The van der Waals surface area contributed by atoms with Crippen LogP contribution in [0, 0.1) is 5.92 Å². The van der Waals surface area contributed by atoms with E-state index >= 15 is 0 Å². The SMILES string of the molecule is O=C(COc1c(Cl)cc(Cl)cc1CO)NCC1CC1. The van der Waals surface area contributed by atoms with Crippen LogP contribution >= 0.6 is 23.2 Å². The third kappa shape index (κ3) is 4.27. The summed E-state index contributed by atoms with van der Waals surface area (Å²) in [5.74, 6) is 0.730. The molecule has 0 aromatic heterocycles. The molecule has 19 heavy (non-hydrogen) atoms. The largest absolute Gasteiger partial charge is 0.482 e. The predicted molar refractivity (Wildman–Crippen MR) is 73.6 cm³/mol. The van der Waals surface area contributed by atoms with Crippen molar-refractivity contribution < 1.29 is 14.6 Å². The molecule has 0 atom stereocenters. The quantitative estimate of drug-likeness (QED) is 0.848. The smallest absolute Gasteiger partial charge is 0.257 e. The molecule has 4 nitrogen and oxygen atoms in total. The Labute approximate surface area is 121 Å². The number of amides is 1. The summed E-state index contributed by atoms with van der Waals surface area (Å²) in [7, 11) is 0. The fourth-order valence-electron chi connectivity index (χ4n) is 1.66. The number of rotatable bonds is 6. The molecule has 1 fully saturated rings. The lowest BCUT2D eigenvalue weighted by Crippen LogP contribution is -2.30. The summed E-state index contributed by atoms with van der Waals surface area (Å²) in [6, 6.07) is 3.07. The number of aliphatic hydroxyl groups excluding tert-OH is 1. The first-order valence-electron chi connectivity index (χ1n) is 6.08. The van der Waals surface area contributed by atoms with Gasteiger partial charge in [0.1, 0.15) is 5.75 Å². The molecule has 1 saturated carbocycles.